The van der Waals surface area contributed by atoms with Crippen LogP contribution in [-0.2, 0) is 0 Å². The van der Waals surface area contributed by atoms with Crippen LogP contribution >= 0.6 is 11.6 Å². The summed E-state index contributed by atoms with van der Waals surface area (Å²) in [4.78, 5) is 20.7. The number of hydrogen-bond donors (Lipinski definition) is 0. The molecule has 0 spiro atoms. The molecule has 5 nitrogen and oxygen atoms in total. The van der Waals surface area contributed by atoms with Crippen molar-refractivity contribution < 1.29 is 18.8 Å². The molecule has 0 unspecified atom stereocenters. The number of nitro groups is 1. The minimum absolute atomic E-state index is 0.108. The third kappa shape index (κ3) is 2.92. The van der Waals surface area contributed by atoms with Crippen molar-refractivity contribution in [2.45, 2.75) is 0 Å². The average molecular weight is 296 g/mol. The van der Waals surface area contributed by atoms with Crippen LogP contribution in [0.2, 0.25) is 5.02 Å². The molecule has 102 valence electrons. The van der Waals surface area contributed by atoms with Crippen LogP contribution in [0.5, 0.6) is 11.5 Å². The van der Waals surface area contributed by atoms with Gasteiger partial charge in [0.2, 0.25) is 0 Å². The van der Waals surface area contributed by atoms with Crippen LogP contribution in [0.1, 0.15) is 10.4 Å². The fraction of sp³-hybridized carbons (Fsp3) is 0. The van der Waals surface area contributed by atoms with Crippen molar-refractivity contribution in [2.24, 2.45) is 0 Å². The van der Waals surface area contributed by atoms with E-state index < -0.39 is 10.7 Å². The van der Waals surface area contributed by atoms with Gasteiger partial charge in [-0.25, -0.2) is 4.39 Å². The van der Waals surface area contributed by atoms with Crippen molar-refractivity contribution >= 4 is 23.6 Å². The van der Waals surface area contributed by atoms with Crippen molar-refractivity contribution in [1.82, 2.24) is 0 Å². The second-order valence-corrected chi connectivity index (χ2v) is 4.21. The van der Waals surface area contributed by atoms with Gasteiger partial charge in [-0.1, -0.05) is 11.6 Å². The molecule has 0 aliphatic rings. The van der Waals surface area contributed by atoms with E-state index in [0.717, 1.165) is 18.2 Å². The van der Waals surface area contributed by atoms with E-state index in [0.29, 0.717) is 11.3 Å². The molecule has 0 radical (unpaired) electrons. The van der Waals surface area contributed by atoms with Crippen molar-refractivity contribution in [1.29, 1.82) is 0 Å². The smallest absolute Gasteiger partial charge is 0.272 e. The highest BCUT2D eigenvalue weighted by molar-refractivity contribution is 6.30. The number of hydrogen-bond acceptors (Lipinski definition) is 4. The van der Waals surface area contributed by atoms with Gasteiger partial charge in [-0.3, -0.25) is 14.9 Å². The van der Waals surface area contributed by atoms with Crippen LogP contribution in [-0.4, -0.2) is 11.2 Å². The third-order valence-corrected chi connectivity index (χ3v) is 2.68. The molecule has 7 heteroatoms. The fourth-order valence-corrected chi connectivity index (χ4v) is 1.69. The molecule has 0 aliphatic heterocycles. The second-order valence-electron chi connectivity index (χ2n) is 3.77. The fourth-order valence-electron chi connectivity index (χ4n) is 1.51. The summed E-state index contributed by atoms with van der Waals surface area (Å²) in [6, 6.07) is 7.23. The Balaban J connectivity index is 2.35. The predicted molar refractivity (Wildman–Crippen MR) is 70.0 cm³/mol. The van der Waals surface area contributed by atoms with Gasteiger partial charge < -0.3 is 4.74 Å². The Labute approximate surface area is 117 Å². The molecule has 0 bridgehead atoms. The maximum absolute atomic E-state index is 13.7. The summed E-state index contributed by atoms with van der Waals surface area (Å²) < 4.78 is 18.9. The highest BCUT2D eigenvalue weighted by Gasteiger charge is 2.13. The Hall–Kier alpha value is -2.47. The summed E-state index contributed by atoms with van der Waals surface area (Å²) in [6.45, 7) is 0. The first-order chi connectivity index (χ1) is 9.51. The molecule has 0 N–H and O–H groups in total. The largest absolute Gasteiger partial charge is 0.454 e. The Bertz CT molecular complexity index is 690. The molecule has 0 amide bonds. The van der Waals surface area contributed by atoms with E-state index in [1.807, 2.05) is 0 Å². The van der Waals surface area contributed by atoms with Gasteiger partial charge in [0.15, 0.2) is 17.9 Å². The van der Waals surface area contributed by atoms with E-state index in [1.54, 1.807) is 0 Å². The lowest BCUT2D eigenvalue weighted by Gasteiger charge is -2.08. The maximum Gasteiger partial charge on any atom is 0.272 e. The summed E-state index contributed by atoms with van der Waals surface area (Å²) in [7, 11) is 0. The number of non-ortho nitro benzene ring substituents is 1. The lowest BCUT2D eigenvalue weighted by Crippen LogP contribution is -1.94. The number of aldehydes is 1. The zero-order chi connectivity index (χ0) is 14.7. The van der Waals surface area contributed by atoms with Gasteiger partial charge in [-0.15, -0.1) is 0 Å². The molecule has 0 atom stereocenters. The van der Waals surface area contributed by atoms with Gasteiger partial charge in [-0.2, -0.15) is 0 Å². The number of carbonyl (C=O) groups is 1. The van der Waals surface area contributed by atoms with E-state index in [4.69, 9.17) is 16.3 Å². The third-order valence-electron chi connectivity index (χ3n) is 2.44. The Morgan fingerprint density at radius 3 is 2.50 bits per heavy atom. The topological polar surface area (TPSA) is 69.4 Å². The lowest BCUT2D eigenvalue weighted by molar-refractivity contribution is -0.385. The molecule has 2 aromatic rings. The van der Waals surface area contributed by atoms with Crippen molar-refractivity contribution in [3.8, 4) is 11.5 Å². The quantitative estimate of drug-likeness (QED) is 0.486. The predicted octanol–water partition coefficient (Wildman–Crippen LogP) is 3.99. The first-order valence-electron chi connectivity index (χ1n) is 5.38. The molecule has 0 heterocycles. The molecule has 0 aromatic heterocycles. The highest BCUT2D eigenvalue weighted by atomic mass is 35.5. The highest BCUT2D eigenvalue weighted by Crippen LogP contribution is 2.30. The minimum Gasteiger partial charge on any atom is -0.454 e. The standard InChI is InChI=1S/C13H7ClFNO4/c14-9-1-3-12(8(5-9)7-17)20-13-4-2-10(16(18)19)6-11(13)15/h1-7H. The second kappa shape index (κ2) is 5.66. The molecule has 2 aromatic carbocycles. The van der Waals surface area contributed by atoms with Crippen LogP contribution < -0.4 is 4.74 Å². The molecule has 0 aliphatic carbocycles. The van der Waals surface area contributed by atoms with E-state index in [-0.39, 0.29) is 22.7 Å². The van der Waals surface area contributed by atoms with Gasteiger partial charge in [-0.05, 0) is 24.3 Å². The van der Waals surface area contributed by atoms with E-state index in [2.05, 4.69) is 0 Å². The van der Waals surface area contributed by atoms with E-state index in [1.165, 1.54) is 18.2 Å². The summed E-state index contributed by atoms with van der Waals surface area (Å²) in [5, 5.41) is 10.8. The molecule has 0 saturated heterocycles. The van der Waals surface area contributed by atoms with Crippen molar-refractivity contribution in [2.75, 3.05) is 0 Å². The number of nitro benzene ring substituents is 1. The van der Waals surface area contributed by atoms with Crippen LogP contribution in [0.25, 0.3) is 0 Å². The maximum atomic E-state index is 13.7. The number of rotatable bonds is 4. The zero-order valence-electron chi connectivity index (χ0n) is 9.88. The molecule has 0 saturated carbocycles. The van der Waals surface area contributed by atoms with E-state index in [9.17, 15) is 19.3 Å². The molecule has 0 fully saturated rings. The Morgan fingerprint density at radius 2 is 1.90 bits per heavy atom. The Morgan fingerprint density at radius 1 is 1.20 bits per heavy atom. The lowest BCUT2D eigenvalue weighted by atomic mass is 10.2. The van der Waals surface area contributed by atoms with Gasteiger partial charge in [0, 0.05) is 11.1 Å². The van der Waals surface area contributed by atoms with Crippen LogP contribution in [0.3, 0.4) is 0 Å². The normalized spacial score (nSPS) is 10.1. The van der Waals surface area contributed by atoms with Gasteiger partial charge in [0.1, 0.15) is 5.75 Å². The van der Waals surface area contributed by atoms with Gasteiger partial charge in [0.05, 0.1) is 16.6 Å². The SMILES string of the molecule is O=Cc1cc(Cl)ccc1Oc1ccc([N+](=O)[O-])cc1F. The monoisotopic (exact) mass is 295 g/mol. The minimum atomic E-state index is -0.897. The van der Waals surface area contributed by atoms with Crippen LogP contribution in [0.15, 0.2) is 36.4 Å². The van der Waals surface area contributed by atoms with Gasteiger partial charge >= 0.3 is 0 Å². The molecule has 20 heavy (non-hydrogen) atoms. The van der Waals surface area contributed by atoms with Crippen LogP contribution in [0.4, 0.5) is 10.1 Å². The molecular weight excluding hydrogens is 289 g/mol. The number of halogens is 2. The van der Waals surface area contributed by atoms with Crippen molar-refractivity contribution in [3.05, 3.63) is 62.9 Å². The first kappa shape index (κ1) is 14.0. The summed E-state index contributed by atoms with van der Waals surface area (Å²) in [5.41, 5.74) is -0.239. The van der Waals surface area contributed by atoms with E-state index >= 15 is 0 Å². The first-order valence-corrected chi connectivity index (χ1v) is 5.75. The number of carbonyl (C=O) groups excluding carboxylic acids is 1. The summed E-state index contributed by atoms with van der Waals surface area (Å²) in [5.74, 6) is -1.01. The average Bonchev–Trinajstić information content (AvgIpc) is 2.42. The zero-order valence-corrected chi connectivity index (χ0v) is 10.6. The number of benzene rings is 2. The van der Waals surface area contributed by atoms with Gasteiger partial charge in [0.25, 0.3) is 5.69 Å². The Kier molecular flexibility index (Phi) is 3.95. The van der Waals surface area contributed by atoms with Crippen LogP contribution in [0, 0.1) is 15.9 Å². The number of nitrogens with zero attached hydrogens (tertiary/aromatic N) is 1. The summed E-state index contributed by atoms with van der Waals surface area (Å²) >= 11 is 5.72. The molecular formula is C13H7ClFNO4. The number of ether oxygens (including phenoxy) is 1. The molecule has 2 rings (SSSR count). The summed E-state index contributed by atoms with van der Waals surface area (Å²) in [6.07, 6.45) is 0.518. The van der Waals surface area contributed by atoms with Crippen molar-refractivity contribution in [3.63, 3.8) is 0 Å².